The van der Waals surface area contributed by atoms with Crippen molar-refractivity contribution in [1.82, 2.24) is 0 Å². The minimum absolute atomic E-state index is 0.165. The van der Waals surface area contributed by atoms with Crippen LogP contribution in [0.2, 0.25) is 5.02 Å². The van der Waals surface area contributed by atoms with Crippen LogP contribution in [0.1, 0.15) is 37.7 Å². The molecule has 1 atom stereocenters. The summed E-state index contributed by atoms with van der Waals surface area (Å²) in [7, 11) is 0. The van der Waals surface area contributed by atoms with Gasteiger partial charge >= 0.3 is 0 Å². The largest absolute Gasteiger partial charge is 0.393 e. The fraction of sp³-hybridized carbons (Fsp3) is 0.571. The van der Waals surface area contributed by atoms with Crippen LogP contribution in [-0.2, 0) is 6.42 Å². The molecule has 1 aromatic rings. The van der Waals surface area contributed by atoms with E-state index < -0.39 is 0 Å². The maximum atomic E-state index is 13.6. The van der Waals surface area contributed by atoms with Gasteiger partial charge in [0.2, 0.25) is 0 Å². The van der Waals surface area contributed by atoms with Crippen molar-refractivity contribution in [2.24, 2.45) is 5.92 Å². The molecule has 17 heavy (non-hydrogen) atoms. The molecule has 1 aliphatic rings. The van der Waals surface area contributed by atoms with Crippen LogP contribution in [0.15, 0.2) is 18.2 Å². The standard InChI is InChI=1S/C14H18ClFO/c15-12-7-3-6-11(14(12)16)8-9-13(17)10-4-1-2-5-10/h3,6-7,10,13,17H,1-2,4-5,8-9H2. The SMILES string of the molecule is OC(CCc1cccc(Cl)c1F)C1CCCC1. The van der Waals surface area contributed by atoms with Crippen molar-refractivity contribution >= 4 is 11.6 Å². The predicted octanol–water partition coefficient (Wildman–Crippen LogP) is 3.96. The Bertz CT molecular complexity index is 374. The molecule has 1 aliphatic carbocycles. The Hall–Kier alpha value is -0.600. The monoisotopic (exact) mass is 256 g/mol. The van der Waals surface area contributed by atoms with E-state index in [1.165, 1.54) is 12.8 Å². The van der Waals surface area contributed by atoms with Crippen LogP contribution in [0.5, 0.6) is 0 Å². The van der Waals surface area contributed by atoms with Gasteiger partial charge in [0.15, 0.2) is 0 Å². The van der Waals surface area contributed by atoms with E-state index in [0.717, 1.165) is 12.8 Å². The first kappa shape index (κ1) is 12.8. The number of aryl methyl sites for hydroxylation is 1. The molecular formula is C14H18ClFO. The number of hydrogen-bond acceptors (Lipinski definition) is 1. The van der Waals surface area contributed by atoms with Gasteiger partial charge in [-0.25, -0.2) is 4.39 Å². The molecule has 1 N–H and O–H groups in total. The summed E-state index contributed by atoms with van der Waals surface area (Å²) in [5.41, 5.74) is 0.606. The smallest absolute Gasteiger partial charge is 0.144 e. The highest BCUT2D eigenvalue weighted by molar-refractivity contribution is 6.30. The van der Waals surface area contributed by atoms with Crippen molar-refractivity contribution in [3.8, 4) is 0 Å². The zero-order valence-corrected chi connectivity index (χ0v) is 10.6. The Kier molecular flexibility index (Phi) is 4.41. The summed E-state index contributed by atoms with van der Waals surface area (Å²) < 4.78 is 13.6. The van der Waals surface area contributed by atoms with Crippen molar-refractivity contribution in [2.75, 3.05) is 0 Å². The van der Waals surface area contributed by atoms with Gasteiger partial charge in [-0.3, -0.25) is 0 Å². The molecular weight excluding hydrogens is 239 g/mol. The summed E-state index contributed by atoms with van der Waals surface area (Å²) in [5.74, 6) is 0.0741. The molecule has 1 saturated carbocycles. The molecule has 0 saturated heterocycles. The van der Waals surface area contributed by atoms with Crippen LogP contribution in [0.3, 0.4) is 0 Å². The van der Waals surface area contributed by atoms with Gasteiger partial charge in [0.25, 0.3) is 0 Å². The third-order valence-corrected chi connectivity index (χ3v) is 3.98. The summed E-state index contributed by atoms with van der Waals surface area (Å²) in [6.07, 6.45) is 5.54. The molecule has 0 heterocycles. The Morgan fingerprint density at radius 3 is 2.76 bits per heavy atom. The van der Waals surface area contributed by atoms with Crippen LogP contribution in [-0.4, -0.2) is 11.2 Å². The summed E-state index contributed by atoms with van der Waals surface area (Å²) in [4.78, 5) is 0. The molecule has 1 unspecified atom stereocenters. The third kappa shape index (κ3) is 3.20. The van der Waals surface area contributed by atoms with Crippen molar-refractivity contribution in [1.29, 1.82) is 0 Å². The molecule has 0 aromatic heterocycles. The summed E-state index contributed by atoms with van der Waals surface area (Å²) >= 11 is 5.72. The summed E-state index contributed by atoms with van der Waals surface area (Å²) in [6, 6.07) is 5.04. The van der Waals surface area contributed by atoms with Crippen molar-refractivity contribution < 1.29 is 9.50 Å². The van der Waals surface area contributed by atoms with Gasteiger partial charge in [0, 0.05) is 0 Å². The van der Waals surface area contributed by atoms with Crippen molar-refractivity contribution in [2.45, 2.75) is 44.6 Å². The van der Waals surface area contributed by atoms with E-state index in [9.17, 15) is 9.50 Å². The quantitative estimate of drug-likeness (QED) is 0.865. The van der Waals surface area contributed by atoms with Crippen LogP contribution in [0.25, 0.3) is 0 Å². The molecule has 0 aliphatic heterocycles. The third-order valence-electron chi connectivity index (χ3n) is 3.68. The van der Waals surface area contributed by atoms with E-state index in [1.807, 2.05) is 0 Å². The molecule has 0 amide bonds. The highest BCUT2D eigenvalue weighted by Crippen LogP contribution is 2.30. The number of hydrogen-bond donors (Lipinski definition) is 1. The number of aliphatic hydroxyl groups is 1. The lowest BCUT2D eigenvalue weighted by Crippen LogP contribution is -2.18. The fourth-order valence-corrected chi connectivity index (χ4v) is 2.82. The zero-order chi connectivity index (χ0) is 12.3. The normalized spacial score (nSPS) is 18.5. The van der Waals surface area contributed by atoms with Gasteiger partial charge in [-0.1, -0.05) is 36.6 Å². The molecule has 94 valence electrons. The first-order valence-electron chi connectivity index (χ1n) is 6.29. The topological polar surface area (TPSA) is 20.2 Å². The first-order chi connectivity index (χ1) is 8.18. The molecule has 1 nitrogen and oxygen atoms in total. The Labute approximate surface area is 107 Å². The van der Waals surface area contributed by atoms with E-state index in [1.54, 1.807) is 18.2 Å². The molecule has 1 aromatic carbocycles. The second-order valence-electron chi connectivity index (χ2n) is 4.86. The van der Waals surface area contributed by atoms with Gasteiger partial charge in [-0.2, -0.15) is 0 Å². The van der Waals surface area contributed by atoms with E-state index in [4.69, 9.17) is 11.6 Å². The lowest BCUT2D eigenvalue weighted by molar-refractivity contribution is 0.102. The van der Waals surface area contributed by atoms with Crippen LogP contribution in [0.4, 0.5) is 4.39 Å². The summed E-state index contributed by atoms with van der Waals surface area (Å²) in [6.45, 7) is 0. The minimum atomic E-state index is -0.340. The lowest BCUT2D eigenvalue weighted by atomic mass is 9.95. The Morgan fingerprint density at radius 2 is 2.06 bits per heavy atom. The van der Waals surface area contributed by atoms with Crippen LogP contribution in [0, 0.1) is 11.7 Å². The predicted molar refractivity (Wildman–Crippen MR) is 67.7 cm³/mol. The van der Waals surface area contributed by atoms with Gasteiger partial charge in [0.1, 0.15) is 5.82 Å². The molecule has 0 bridgehead atoms. The molecule has 2 rings (SSSR count). The molecule has 0 spiro atoms. The van der Waals surface area contributed by atoms with Gasteiger partial charge in [0.05, 0.1) is 11.1 Å². The second kappa shape index (κ2) is 5.83. The van der Waals surface area contributed by atoms with E-state index in [-0.39, 0.29) is 16.9 Å². The van der Waals surface area contributed by atoms with Gasteiger partial charge < -0.3 is 5.11 Å². The van der Waals surface area contributed by atoms with E-state index in [2.05, 4.69) is 0 Å². The maximum Gasteiger partial charge on any atom is 0.144 e. The fourth-order valence-electron chi connectivity index (χ4n) is 2.62. The summed E-state index contributed by atoms with van der Waals surface area (Å²) in [5, 5.41) is 10.2. The molecule has 3 heteroatoms. The highest BCUT2D eigenvalue weighted by Gasteiger charge is 2.23. The highest BCUT2D eigenvalue weighted by atomic mass is 35.5. The average Bonchev–Trinajstić information content (AvgIpc) is 2.84. The van der Waals surface area contributed by atoms with E-state index >= 15 is 0 Å². The van der Waals surface area contributed by atoms with E-state index in [0.29, 0.717) is 24.3 Å². The van der Waals surface area contributed by atoms with Crippen molar-refractivity contribution in [3.63, 3.8) is 0 Å². The van der Waals surface area contributed by atoms with Crippen LogP contribution >= 0.6 is 11.6 Å². The Morgan fingerprint density at radius 1 is 1.35 bits per heavy atom. The first-order valence-corrected chi connectivity index (χ1v) is 6.67. The van der Waals surface area contributed by atoms with Crippen molar-refractivity contribution in [3.05, 3.63) is 34.6 Å². The number of rotatable bonds is 4. The second-order valence-corrected chi connectivity index (χ2v) is 5.27. The minimum Gasteiger partial charge on any atom is -0.393 e. The zero-order valence-electron chi connectivity index (χ0n) is 9.83. The van der Waals surface area contributed by atoms with Gasteiger partial charge in [-0.05, 0) is 43.2 Å². The lowest BCUT2D eigenvalue weighted by Gasteiger charge is -2.17. The van der Waals surface area contributed by atoms with Gasteiger partial charge in [-0.15, -0.1) is 0 Å². The number of halogens is 2. The molecule has 1 fully saturated rings. The average molecular weight is 257 g/mol. The van der Waals surface area contributed by atoms with Crippen LogP contribution < -0.4 is 0 Å². The maximum absolute atomic E-state index is 13.6. The molecule has 0 radical (unpaired) electrons. The number of benzene rings is 1. The Balaban J connectivity index is 1.90. The number of aliphatic hydroxyl groups excluding tert-OH is 1.